The fourth-order valence-corrected chi connectivity index (χ4v) is 4.31. The first-order chi connectivity index (χ1) is 14.7. The van der Waals surface area contributed by atoms with Crippen LogP contribution in [0, 0.1) is 5.82 Å². The maximum atomic E-state index is 13.3. The zero-order chi connectivity index (χ0) is 20.8. The summed E-state index contributed by atoms with van der Waals surface area (Å²) >= 11 is 0. The number of aromatic nitrogens is 1. The number of halogens is 1. The molecule has 1 atom stereocenters. The van der Waals surface area contributed by atoms with Crippen LogP contribution in [0.15, 0.2) is 47.6 Å². The molecule has 1 unspecified atom stereocenters. The van der Waals surface area contributed by atoms with Gasteiger partial charge in [-0.25, -0.2) is 9.37 Å². The molecule has 2 fully saturated rings. The summed E-state index contributed by atoms with van der Waals surface area (Å²) in [7, 11) is 1.80. The molecular formula is C23H30FN5O. The highest BCUT2D eigenvalue weighted by Crippen LogP contribution is 2.26. The first-order valence-electron chi connectivity index (χ1n) is 10.8. The largest absolute Gasteiger partial charge is 0.439 e. The molecule has 4 rings (SSSR count). The van der Waals surface area contributed by atoms with Crippen LogP contribution in [0.25, 0.3) is 0 Å². The summed E-state index contributed by atoms with van der Waals surface area (Å²) in [5.41, 5.74) is 1.02. The molecule has 1 aromatic carbocycles. The van der Waals surface area contributed by atoms with Crippen molar-refractivity contribution in [3.8, 4) is 11.6 Å². The molecule has 1 saturated heterocycles. The van der Waals surface area contributed by atoms with Crippen LogP contribution in [-0.2, 0) is 6.54 Å². The molecule has 1 saturated carbocycles. The molecule has 160 valence electrons. The summed E-state index contributed by atoms with van der Waals surface area (Å²) in [5, 5.41) is 6.92. The van der Waals surface area contributed by atoms with Gasteiger partial charge in [-0.05, 0) is 37.0 Å². The molecule has 0 amide bonds. The van der Waals surface area contributed by atoms with Crippen molar-refractivity contribution in [2.24, 2.45) is 4.99 Å². The molecule has 2 aliphatic rings. The van der Waals surface area contributed by atoms with Crippen LogP contribution in [0.5, 0.6) is 11.6 Å². The summed E-state index contributed by atoms with van der Waals surface area (Å²) in [4.78, 5) is 11.3. The van der Waals surface area contributed by atoms with Crippen molar-refractivity contribution in [1.82, 2.24) is 20.5 Å². The fourth-order valence-electron chi connectivity index (χ4n) is 4.31. The van der Waals surface area contributed by atoms with E-state index in [1.807, 2.05) is 6.07 Å². The van der Waals surface area contributed by atoms with Gasteiger partial charge in [-0.3, -0.25) is 9.89 Å². The maximum absolute atomic E-state index is 13.3. The number of likely N-dealkylation sites (tertiary alicyclic amines) is 1. The van der Waals surface area contributed by atoms with E-state index < -0.39 is 0 Å². The van der Waals surface area contributed by atoms with E-state index in [4.69, 9.17) is 4.74 Å². The van der Waals surface area contributed by atoms with Crippen LogP contribution in [0.2, 0.25) is 0 Å². The highest BCUT2D eigenvalue weighted by molar-refractivity contribution is 5.80. The number of pyridine rings is 1. The van der Waals surface area contributed by atoms with E-state index in [1.54, 1.807) is 31.4 Å². The molecule has 2 aromatic rings. The summed E-state index contributed by atoms with van der Waals surface area (Å²) < 4.78 is 18.9. The van der Waals surface area contributed by atoms with E-state index in [0.717, 1.165) is 30.5 Å². The molecule has 2 heterocycles. The molecular weight excluding hydrogens is 381 g/mol. The second-order valence-corrected chi connectivity index (χ2v) is 8.05. The molecule has 0 radical (unpaired) electrons. The Balaban J connectivity index is 1.24. The minimum Gasteiger partial charge on any atom is -0.439 e. The van der Waals surface area contributed by atoms with E-state index in [2.05, 4.69) is 25.5 Å². The zero-order valence-electron chi connectivity index (χ0n) is 17.5. The van der Waals surface area contributed by atoms with Crippen LogP contribution >= 0.6 is 0 Å². The van der Waals surface area contributed by atoms with E-state index >= 15 is 0 Å². The summed E-state index contributed by atoms with van der Waals surface area (Å²) in [6.07, 6.45) is 8.37. The Morgan fingerprint density at radius 3 is 2.83 bits per heavy atom. The topological polar surface area (TPSA) is 61.8 Å². The van der Waals surface area contributed by atoms with Gasteiger partial charge in [0, 0.05) is 57.1 Å². The van der Waals surface area contributed by atoms with Crippen molar-refractivity contribution in [2.45, 2.75) is 50.7 Å². The Hall–Kier alpha value is -2.67. The minimum absolute atomic E-state index is 0.333. The van der Waals surface area contributed by atoms with Crippen LogP contribution in [-0.4, -0.2) is 48.1 Å². The first-order valence-corrected chi connectivity index (χ1v) is 10.8. The zero-order valence-corrected chi connectivity index (χ0v) is 17.5. The Morgan fingerprint density at radius 2 is 2.10 bits per heavy atom. The van der Waals surface area contributed by atoms with E-state index in [9.17, 15) is 4.39 Å². The predicted octanol–water partition coefficient (Wildman–Crippen LogP) is 3.69. The lowest BCUT2D eigenvalue weighted by atomic mass is 10.2. The van der Waals surface area contributed by atoms with E-state index in [-0.39, 0.29) is 5.82 Å². The number of hydrogen-bond acceptors (Lipinski definition) is 4. The van der Waals surface area contributed by atoms with Crippen molar-refractivity contribution >= 4 is 5.96 Å². The number of hydrogen-bond donors (Lipinski definition) is 2. The highest BCUT2D eigenvalue weighted by Gasteiger charge is 2.30. The highest BCUT2D eigenvalue weighted by atomic mass is 19.1. The van der Waals surface area contributed by atoms with Gasteiger partial charge in [0.05, 0.1) is 0 Å². The third-order valence-electron chi connectivity index (χ3n) is 5.90. The summed E-state index contributed by atoms with van der Waals surface area (Å²) in [6, 6.07) is 11.0. The third kappa shape index (κ3) is 5.48. The SMILES string of the molecule is CN=C(NCc1ccc(Oc2cccc(F)c2)nc1)NC1CCN(C2CCCC2)C1. The van der Waals surface area contributed by atoms with Gasteiger partial charge in [0.1, 0.15) is 11.6 Å². The van der Waals surface area contributed by atoms with Gasteiger partial charge < -0.3 is 15.4 Å². The van der Waals surface area contributed by atoms with Gasteiger partial charge in [0.2, 0.25) is 5.88 Å². The fraction of sp³-hybridized carbons (Fsp3) is 0.478. The average molecular weight is 412 g/mol. The number of aliphatic imine (C=N–C) groups is 1. The number of benzene rings is 1. The van der Waals surface area contributed by atoms with Gasteiger partial charge in [-0.1, -0.05) is 25.0 Å². The molecule has 2 N–H and O–H groups in total. The van der Waals surface area contributed by atoms with Crippen molar-refractivity contribution in [3.05, 3.63) is 54.0 Å². The molecule has 1 aliphatic heterocycles. The Kier molecular flexibility index (Phi) is 6.79. The van der Waals surface area contributed by atoms with Crippen molar-refractivity contribution < 1.29 is 9.13 Å². The Morgan fingerprint density at radius 1 is 1.23 bits per heavy atom. The summed E-state index contributed by atoms with van der Waals surface area (Å²) in [5.74, 6) is 1.35. The first kappa shape index (κ1) is 20.6. The number of guanidine groups is 1. The lowest BCUT2D eigenvalue weighted by molar-refractivity contribution is 0.242. The molecule has 6 nitrogen and oxygen atoms in total. The second-order valence-electron chi connectivity index (χ2n) is 8.05. The van der Waals surface area contributed by atoms with Gasteiger partial charge in [-0.15, -0.1) is 0 Å². The Bertz CT molecular complexity index is 851. The van der Waals surface area contributed by atoms with Gasteiger partial charge in [-0.2, -0.15) is 0 Å². The van der Waals surface area contributed by atoms with Crippen molar-refractivity contribution in [1.29, 1.82) is 0 Å². The van der Waals surface area contributed by atoms with E-state index in [1.165, 1.54) is 44.4 Å². The number of nitrogens with zero attached hydrogens (tertiary/aromatic N) is 3. The van der Waals surface area contributed by atoms with Gasteiger partial charge in [0.25, 0.3) is 0 Å². The molecule has 1 aliphatic carbocycles. The van der Waals surface area contributed by atoms with E-state index in [0.29, 0.717) is 24.2 Å². The van der Waals surface area contributed by atoms with Crippen LogP contribution in [0.4, 0.5) is 4.39 Å². The maximum Gasteiger partial charge on any atom is 0.219 e. The normalized spacial score (nSPS) is 20.5. The predicted molar refractivity (Wildman–Crippen MR) is 116 cm³/mol. The van der Waals surface area contributed by atoms with Crippen molar-refractivity contribution in [3.63, 3.8) is 0 Å². The van der Waals surface area contributed by atoms with Gasteiger partial charge in [0.15, 0.2) is 5.96 Å². The third-order valence-corrected chi connectivity index (χ3v) is 5.90. The summed E-state index contributed by atoms with van der Waals surface area (Å²) in [6.45, 7) is 2.89. The quantitative estimate of drug-likeness (QED) is 0.561. The number of nitrogens with one attached hydrogen (secondary N) is 2. The van der Waals surface area contributed by atoms with Gasteiger partial charge >= 0.3 is 0 Å². The molecule has 0 bridgehead atoms. The molecule has 30 heavy (non-hydrogen) atoms. The smallest absolute Gasteiger partial charge is 0.219 e. The molecule has 7 heteroatoms. The number of rotatable bonds is 6. The van der Waals surface area contributed by atoms with Crippen LogP contribution in [0.3, 0.4) is 0 Å². The lowest BCUT2D eigenvalue weighted by Crippen LogP contribution is -2.45. The molecule has 0 spiro atoms. The molecule has 1 aromatic heterocycles. The Labute approximate surface area is 177 Å². The lowest BCUT2D eigenvalue weighted by Gasteiger charge is -2.24. The standard InChI is InChI=1S/C23H30FN5O/c1-25-23(28-19-11-12-29(16-19)20-6-2-3-7-20)27-15-17-9-10-22(26-14-17)30-21-8-4-5-18(24)13-21/h4-5,8-10,13-14,19-20H,2-3,6-7,11-12,15-16H2,1H3,(H2,25,27,28). The van der Waals surface area contributed by atoms with Crippen LogP contribution < -0.4 is 15.4 Å². The average Bonchev–Trinajstić information content (AvgIpc) is 3.44. The minimum atomic E-state index is -0.333. The second kappa shape index (κ2) is 9.89. The monoisotopic (exact) mass is 411 g/mol. The number of ether oxygens (including phenoxy) is 1. The van der Waals surface area contributed by atoms with Crippen LogP contribution in [0.1, 0.15) is 37.7 Å². The van der Waals surface area contributed by atoms with Crippen molar-refractivity contribution in [2.75, 3.05) is 20.1 Å².